The van der Waals surface area contributed by atoms with Gasteiger partial charge in [-0.05, 0) is 50.0 Å². The average molecular weight is 424 g/mol. The number of rotatable bonds is 16. The SMILES string of the molecule is CC1=C(CCCCCCCCCCCCCCCO)C(C)(C)CCC1N(N)C(N)=O. The van der Waals surface area contributed by atoms with E-state index in [0.29, 0.717) is 6.61 Å². The first-order valence-electron chi connectivity index (χ1n) is 12.5. The molecular formula is C25H49N3O2. The molecule has 0 bridgehead atoms. The van der Waals surface area contributed by atoms with Gasteiger partial charge >= 0.3 is 6.03 Å². The molecule has 5 N–H and O–H groups in total. The highest BCUT2D eigenvalue weighted by atomic mass is 16.2. The van der Waals surface area contributed by atoms with Gasteiger partial charge in [0.1, 0.15) is 0 Å². The monoisotopic (exact) mass is 423 g/mol. The molecular weight excluding hydrogens is 374 g/mol. The molecule has 1 aliphatic carbocycles. The topological polar surface area (TPSA) is 92.6 Å². The normalized spacial score (nSPS) is 18.6. The molecule has 1 unspecified atom stereocenters. The van der Waals surface area contributed by atoms with E-state index in [9.17, 15) is 4.79 Å². The Bertz CT molecular complexity index is 517. The van der Waals surface area contributed by atoms with Crippen molar-refractivity contribution in [3.8, 4) is 0 Å². The number of carbonyl (C=O) groups is 1. The van der Waals surface area contributed by atoms with Crippen molar-refractivity contribution in [3.63, 3.8) is 0 Å². The van der Waals surface area contributed by atoms with Crippen LogP contribution >= 0.6 is 0 Å². The van der Waals surface area contributed by atoms with E-state index >= 15 is 0 Å². The Kier molecular flexibility index (Phi) is 13.3. The molecule has 0 saturated carbocycles. The Hall–Kier alpha value is -1.07. The van der Waals surface area contributed by atoms with E-state index in [1.165, 1.54) is 93.2 Å². The van der Waals surface area contributed by atoms with Crippen molar-refractivity contribution in [1.29, 1.82) is 0 Å². The molecule has 0 aromatic carbocycles. The third-order valence-electron chi connectivity index (χ3n) is 7.01. The molecule has 0 aliphatic heterocycles. The minimum atomic E-state index is -0.542. The molecule has 0 spiro atoms. The van der Waals surface area contributed by atoms with Gasteiger partial charge < -0.3 is 10.8 Å². The third kappa shape index (κ3) is 9.82. The number of aliphatic hydroxyl groups excluding tert-OH is 1. The quantitative estimate of drug-likeness (QED) is 0.0907. The lowest BCUT2D eigenvalue weighted by Gasteiger charge is -2.41. The zero-order valence-electron chi connectivity index (χ0n) is 20.1. The number of allylic oxidation sites excluding steroid dienone is 1. The Balaban J connectivity index is 2.17. The second kappa shape index (κ2) is 14.9. The van der Waals surface area contributed by atoms with Crippen LogP contribution in [-0.4, -0.2) is 28.8 Å². The minimum absolute atomic E-state index is 0.0415. The number of unbranched alkanes of at least 4 members (excludes halogenated alkanes) is 12. The van der Waals surface area contributed by atoms with Gasteiger partial charge in [-0.2, -0.15) is 0 Å². The largest absolute Gasteiger partial charge is 0.396 e. The van der Waals surface area contributed by atoms with E-state index in [1.807, 2.05) is 0 Å². The van der Waals surface area contributed by atoms with Crippen LogP contribution in [0.5, 0.6) is 0 Å². The predicted octanol–water partition coefficient (Wildman–Crippen LogP) is 6.20. The fraction of sp³-hybridized carbons (Fsp3) is 0.880. The van der Waals surface area contributed by atoms with Crippen LogP contribution in [-0.2, 0) is 0 Å². The van der Waals surface area contributed by atoms with Crippen LogP contribution in [0.1, 0.15) is 124 Å². The first-order chi connectivity index (χ1) is 14.3. The van der Waals surface area contributed by atoms with Gasteiger partial charge in [0.15, 0.2) is 0 Å². The van der Waals surface area contributed by atoms with Crippen molar-refractivity contribution in [1.82, 2.24) is 5.01 Å². The van der Waals surface area contributed by atoms with Gasteiger partial charge in [-0.15, -0.1) is 0 Å². The molecule has 0 radical (unpaired) electrons. The summed E-state index contributed by atoms with van der Waals surface area (Å²) in [5.41, 5.74) is 8.33. The third-order valence-corrected chi connectivity index (χ3v) is 7.01. The maximum Gasteiger partial charge on any atom is 0.329 e. The van der Waals surface area contributed by atoms with Crippen molar-refractivity contribution >= 4 is 6.03 Å². The van der Waals surface area contributed by atoms with Crippen molar-refractivity contribution in [2.75, 3.05) is 6.61 Å². The summed E-state index contributed by atoms with van der Waals surface area (Å²) in [4.78, 5) is 11.5. The average Bonchev–Trinajstić information content (AvgIpc) is 2.69. The lowest BCUT2D eigenvalue weighted by atomic mass is 9.69. The van der Waals surface area contributed by atoms with E-state index < -0.39 is 6.03 Å². The van der Waals surface area contributed by atoms with Crippen LogP contribution < -0.4 is 11.6 Å². The molecule has 30 heavy (non-hydrogen) atoms. The molecule has 176 valence electrons. The lowest BCUT2D eigenvalue weighted by Crippen LogP contribution is -2.51. The summed E-state index contributed by atoms with van der Waals surface area (Å²) < 4.78 is 0. The molecule has 0 saturated heterocycles. The highest BCUT2D eigenvalue weighted by molar-refractivity contribution is 5.72. The maximum absolute atomic E-state index is 11.5. The van der Waals surface area contributed by atoms with Gasteiger partial charge in [-0.1, -0.05) is 90.0 Å². The number of aliphatic hydroxyl groups is 1. The number of hydrogen-bond donors (Lipinski definition) is 3. The molecule has 0 aromatic heterocycles. The van der Waals surface area contributed by atoms with Gasteiger partial charge in [0.25, 0.3) is 0 Å². The fourth-order valence-electron chi connectivity index (χ4n) is 4.99. The Morgan fingerprint density at radius 3 is 1.80 bits per heavy atom. The molecule has 0 aromatic rings. The smallest absolute Gasteiger partial charge is 0.329 e. The Morgan fingerprint density at radius 1 is 0.933 bits per heavy atom. The number of carbonyl (C=O) groups excluding carboxylic acids is 1. The van der Waals surface area contributed by atoms with Crippen molar-refractivity contribution in [2.24, 2.45) is 17.0 Å². The van der Waals surface area contributed by atoms with Crippen LogP contribution in [0.2, 0.25) is 0 Å². The zero-order chi connectivity index (χ0) is 22.4. The highest BCUT2D eigenvalue weighted by Gasteiger charge is 2.35. The molecule has 1 rings (SSSR count). The summed E-state index contributed by atoms with van der Waals surface area (Å²) in [6.07, 6.45) is 19.8. The summed E-state index contributed by atoms with van der Waals surface area (Å²) in [5.74, 6) is 5.93. The van der Waals surface area contributed by atoms with Crippen LogP contribution in [0.3, 0.4) is 0 Å². The number of nitrogens with two attached hydrogens (primary N) is 2. The first-order valence-corrected chi connectivity index (χ1v) is 12.5. The highest BCUT2D eigenvalue weighted by Crippen LogP contribution is 2.43. The predicted molar refractivity (Wildman–Crippen MR) is 127 cm³/mol. The molecule has 0 fully saturated rings. The standard InChI is InChI=1S/C25H49N3O2/c1-21-22(25(2,3)19-18-23(21)28(27)24(26)30)17-15-13-11-9-7-5-4-6-8-10-12-14-16-20-29/h23,29H,4-20,27H2,1-3H3,(H2,26,30). The van der Waals surface area contributed by atoms with Crippen LogP contribution in [0, 0.1) is 5.41 Å². The van der Waals surface area contributed by atoms with E-state index in [-0.39, 0.29) is 11.5 Å². The molecule has 2 amide bonds. The van der Waals surface area contributed by atoms with E-state index in [1.54, 1.807) is 0 Å². The summed E-state index contributed by atoms with van der Waals surface area (Å²) >= 11 is 0. The van der Waals surface area contributed by atoms with E-state index in [0.717, 1.165) is 25.7 Å². The second-order valence-corrected chi connectivity index (χ2v) is 9.92. The van der Waals surface area contributed by atoms with E-state index in [4.69, 9.17) is 16.7 Å². The number of urea groups is 1. The number of hydrogen-bond acceptors (Lipinski definition) is 3. The maximum atomic E-state index is 11.5. The lowest BCUT2D eigenvalue weighted by molar-refractivity contribution is 0.176. The number of primary amides is 1. The number of amides is 2. The van der Waals surface area contributed by atoms with Gasteiger partial charge in [-0.25, -0.2) is 10.6 Å². The summed E-state index contributed by atoms with van der Waals surface area (Å²) in [5, 5.41) is 9.99. The van der Waals surface area contributed by atoms with Gasteiger partial charge in [0, 0.05) is 6.61 Å². The van der Waals surface area contributed by atoms with Crippen molar-refractivity contribution in [2.45, 2.75) is 130 Å². The Labute approximate surface area is 185 Å². The molecule has 1 aliphatic rings. The molecule has 5 heteroatoms. The first kappa shape index (κ1) is 27.0. The summed E-state index contributed by atoms with van der Waals surface area (Å²) in [6, 6.07) is -0.583. The molecule has 1 atom stereocenters. The zero-order valence-corrected chi connectivity index (χ0v) is 20.1. The minimum Gasteiger partial charge on any atom is -0.396 e. The fourth-order valence-corrected chi connectivity index (χ4v) is 4.99. The Morgan fingerprint density at radius 2 is 1.37 bits per heavy atom. The van der Waals surface area contributed by atoms with Gasteiger partial charge in [0.2, 0.25) is 0 Å². The van der Waals surface area contributed by atoms with E-state index in [2.05, 4.69) is 20.8 Å². The van der Waals surface area contributed by atoms with Crippen LogP contribution in [0.15, 0.2) is 11.1 Å². The second-order valence-electron chi connectivity index (χ2n) is 9.92. The molecule has 0 heterocycles. The summed E-state index contributed by atoms with van der Waals surface area (Å²) in [7, 11) is 0. The van der Waals surface area contributed by atoms with Crippen molar-refractivity contribution < 1.29 is 9.90 Å². The summed E-state index contributed by atoms with van der Waals surface area (Å²) in [6.45, 7) is 7.12. The number of hydrazine groups is 1. The van der Waals surface area contributed by atoms with Crippen LogP contribution in [0.4, 0.5) is 4.79 Å². The van der Waals surface area contributed by atoms with Crippen molar-refractivity contribution in [3.05, 3.63) is 11.1 Å². The van der Waals surface area contributed by atoms with Crippen LogP contribution in [0.25, 0.3) is 0 Å². The molecule has 5 nitrogen and oxygen atoms in total. The number of nitrogens with zero attached hydrogens (tertiary/aromatic N) is 1. The van der Waals surface area contributed by atoms with Gasteiger partial charge in [0.05, 0.1) is 6.04 Å². The van der Waals surface area contributed by atoms with Gasteiger partial charge in [-0.3, -0.25) is 5.01 Å².